The highest BCUT2D eigenvalue weighted by Crippen LogP contribution is 2.25. The molecule has 2 rings (SSSR count). The Kier molecular flexibility index (Phi) is 3.42. The average molecular weight is 257 g/mol. The maximum Gasteiger partial charge on any atom is 0.339 e. The summed E-state index contributed by atoms with van der Waals surface area (Å²) in [5, 5.41) is 26.1. The number of nitrogens with two attached hydrogens (primary N) is 1. The monoisotopic (exact) mass is 257 g/mol. The third-order valence-corrected chi connectivity index (χ3v) is 2.38. The van der Waals surface area contributed by atoms with E-state index < -0.39 is 5.97 Å². The lowest BCUT2D eigenvalue weighted by atomic mass is 10.2. The van der Waals surface area contributed by atoms with Gasteiger partial charge in [0.2, 0.25) is 0 Å². The first-order valence-corrected chi connectivity index (χ1v) is 5.40. The minimum Gasteiger partial charge on any atom is -0.507 e. The van der Waals surface area contributed by atoms with Gasteiger partial charge in [0.25, 0.3) is 0 Å². The second kappa shape index (κ2) is 5.18. The van der Waals surface area contributed by atoms with Gasteiger partial charge in [-0.2, -0.15) is 10.2 Å². The average Bonchev–Trinajstić information content (AvgIpc) is 2.39. The van der Waals surface area contributed by atoms with Crippen molar-refractivity contribution in [2.24, 2.45) is 10.2 Å². The number of carboxylic acid groups (broad SMARTS) is 1. The van der Waals surface area contributed by atoms with E-state index in [1.165, 1.54) is 18.2 Å². The van der Waals surface area contributed by atoms with Crippen LogP contribution in [0.5, 0.6) is 5.75 Å². The number of hydrogen-bond acceptors (Lipinski definition) is 5. The van der Waals surface area contributed by atoms with Crippen LogP contribution in [0.25, 0.3) is 0 Å². The van der Waals surface area contributed by atoms with E-state index in [4.69, 9.17) is 10.8 Å². The molecule has 0 aliphatic heterocycles. The quantitative estimate of drug-likeness (QED) is 0.579. The largest absolute Gasteiger partial charge is 0.507 e. The molecule has 0 fully saturated rings. The summed E-state index contributed by atoms with van der Waals surface area (Å²) in [6, 6.07) is 10.7. The number of azo groups is 1. The Bertz CT molecular complexity index is 636. The summed E-state index contributed by atoms with van der Waals surface area (Å²) in [7, 11) is 0. The first-order valence-electron chi connectivity index (χ1n) is 5.40. The van der Waals surface area contributed by atoms with Crippen LogP contribution in [0.15, 0.2) is 52.7 Å². The molecular weight excluding hydrogens is 246 g/mol. The Morgan fingerprint density at radius 2 is 1.58 bits per heavy atom. The van der Waals surface area contributed by atoms with Crippen molar-refractivity contribution in [2.75, 3.05) is 5.73 Å². The number of hydrogen-bond donors (Lipinski definition) is 3. The third-order valence-electron chi connectivity index (χ3n) is 2.38. The second-order valence-corrected chi connectivity index (χ2v) is 3.80. The molecule has 0 bridgehead atoms. The molecule has 4 N–H and O–H groups in total. The molecule has 0 spiro atoms. The summed E-state index contributed by atoms with van der Waals surface area (Å²) in [6.45, 7) is 0. The maximum absolute atomic E-state index is 10.8. The van der Waals surface area contributed by atoms with Crippen LogP contribution in [-0.2, 0) is 0 Å². The van der Waals surface area contributed by atoms with Gasteiger partial charge in [0.15, 0.2) is 0 Å². The summed E-state index contributed by atoms with van der Waals surface area (Å²) in [4.78, 5) is 10.8. The number of nitrogens with zero attached hydrogens (tertiary/aromatic N) is 2. The number of carboxylic acids is 1. The van der Waals surface area contributed by atoms with Crippen LogP contribution in [-0.4, -0.2) is 16.2 Å². The number of rotatable bonds is 3. The smallest absolute Gasteiger partial charge is 0.339 e. The highest BCUT2D eigenvalue weighted by atomic mass is 16.4. The zero-order chi connectivity index (χ0) is 13.8. The number of nitrogen functional groups attached to an aromatic ring is 1. The molecule has 2 aromatic rings. The standard InChI is InChI=1S/C13H11N3O3/c14-8-1-3-9(4-2-8)15-16-10-5-6-12(17)11(7-10)13(18)19/h1-7,17H,14H2,(H,18,19)/b16-15+. The minimum absolute atomic E-state index is 0.214. The van der Waals surface area contributed by atoms with Crippen LogP contribution in [0.2, 0.25) is 0 Å². The van der Waals surface area contributed by atoms with Gasteiger partial charge in [0.1, 0.15) is 11.3 Å². The normalized spacial score (nSPS) is 10.7. The number of benzene rings is 2. The van der Waals surface area contributed by atoms with Crippen LogP contribution in [0, 0.1) is 0 Å². The summed E-state index contributed by atoms with van der Waals surface area (Å²) in [5.41, 5.74) is 6.88. The first kappa shape index (κ1) is 12.6. The maximum atomic E-state index is 10.8. The van der Waals surface area contributed by atoms with Crippen molar-refractivity contribution in [3.63, 3.8) is 0 Å². The lowest BCUT2D eigenvalue weighted by Gasteiger charge is -2.00. The second-order valence-electron chi connectivity index (χ2n) is 3.80. The summed E-state index contributed by atoms with van der Waals surface area (Å²) in [6.07, 6.45) is 0. The van der Waals surface area contributed by atoms with Gasteiger partial charge in [-0.1, -0.05) is 0 Å². The molecule has 19 heavy (non-hydrogen) atoms. The molecule has 0 saturated heterocycles. The fourth-order valence-electron chi connectivity index (χ4n) is 1.41. The topological polar surface area (TPSA) is 108 Å². The van der Waals surface area contributed by atoms with Gasteiger partial charge in [-0.15, -0.1) is 0 Å². The molecule has 0 radical (unpaired) electrons. The predicted octanol–water partition coefficient (Wildman–Crippen LogP) is 3.09. The Labute approximate surface area is 108 Å². The van der Waals surface area contributed by atoms with Gasteiger partial charge in [-0.25, -0.2) is 4.79 Å². The molecule has 0 saturated carbocycles. The minimum atomic E-state index is -1.22. The van der Waals surface area contributed by atoms with E-state index in [0.29, 0.717) is 17.1 Å². The molecule has 96 valence electrons. The molecule has 0 unspecified atom stereocenters. The third kappa shape index (κ3) is 3.06. The zero-order valence-electron chi connectivity index (χ0n) is 9.82. The van der Waals surface area contributed by atoms with Crippen molar-refractivity contribution in [1.29, 1.82) is 0 Å². The van der Waals surface area contributed by atoms with E-state index in [1.807, 2.05) is 0 Å². The Balaban J connectivity index is 2.26. The molecule has 6 heteroatoms. The van der Waals surface area contributed by atoms with Crippen molar-refractivity contribution in [3.8, 4) is 5.75 Å². The van der Waals surface area contributed by atoms with Gasteiger partial charge < -0.3 is 15.9 Å². The molecule has 0 aliphatic carbocycles. The molecule has 0 aromatic heterocycles. The lowest BCUT2D eigenvalue weighted by molar-refractivity contribution is 0.0694. The van der Waals surface area contributed by atoms with Crippen molar-refractivity contribution < 1.29 is 15.0 Å². The summed E-state index contributed by atoms with van der Waals surface area (Å²) < 4.78 is 0. The predicted molar refractivity (Wildman–Crippen MR) is 70.1 cm³/mol. The van der Waals surface area contributed by atoms with Gasteiger partial charge in [0, 0.05) is 5.69 Å². The molecule has 0 aliphatic rings. The lowest BCUT2D eigenvalue weighted by Crippen LogP contribution is -1.95. The number of phenols is 1. The van der Waals surface area contributed by atoms with E-state index in [2.05, 4.69) is 10.2 Å². The van der Waals surface area contributed by atoms with Crippen LogP contribution in [0.4, 0.5) is 17.1 Å². The highest BCUT2D eigenvalue weighted by Gasteiger charge is 2.09. The Morgan fingerprint density at radius 3 is 2.21 bits per heavy atom. The zero-order valence-corrected chi connectivity index (χ0v) is 9.82. The molecule has 2 aromatic carbocycles. The van der Waals surface area contributed by atoms with Crippen molar-refractivity contribution in [3.05, 3.63) is 48.0 Å². The molecule has 0 atom stereocenters. The number of aromatic carboxylic acids is 1. The van der Waals surface area contributed by atoms with E-state index in [0.717, 1.165) is 0 Å². The summed E-state index contributed by atoms with van der Waals surface area (Å²) in [5.74, 6) is -1.53. The first-order chi connectivity index (χ1) is 9.06. The van der Waals surface area contributed by atoms with Gasteiger partial charge in [-0.3, -0.25) is 0 Å². The van der Waals surface area contributed by atoms with Crippen molar-refractivity contribution >= 4 is 23.0 Å². The van der Waals surface area contributed by atoms with E-state index in [1.54, 1.807) is 24.3 Å². The van der Waals surface area contributed by atoms with Gasteiger partial charge in [0.05, 0.1) is 11.4 Å². The molecule has 6 nitrogen and oxygen atoms in total. The molecule has 0 amide bonds. The van der Waals surface area contributed by atoms with Crippen LogP contribution in [0.1, 0.15) is 10.4 Å². The number of carbonyl (C=O) groups is 1. The Morgan fingerprint density at radius 1 is 1.00 bits per heavy atom. The fourth-order valence-corrected chi connectivity index (χ4v) is 1.41. The SMILES string of the molecule is Nc1ccc(/N=N/c2ccc(O)c(C(=O)O)c2)cc1. The van der Waals surface area contributed by atoms with Crippen LogP contribution < -0.4 is 5.73 Å². The van der Waals surface area contributed by atoms with Crippen LogP contribution >= 0.6 is 0 Å². The van der Waals surface area contributed by atoms with Gasteiger partial charge in [-0.05, 0) is 42.5 Å². The van der Waals surface area contributed by atoms with Crippen molar-refractivity contribution in [2.45, 2.75) is 0 Å². The van der Waals surface area contributed by atoms with E-state index in [-0.39, 0.29) is 11.3 Å². The van der Waals surface area contributed by atoms with E-state index in [9.17, 15) is 9.90 Å². The number of aromatic hydroxyl groups is 1. The molecular formula is C13H11N3O3. The van der Waals surface area contributed by atoms with Crippen LogP contribution in [0.3, 0.4) is 0 Å². The van der Waals surface area contributed by atoms with Gasteiger partial charge >= 0.3 is 5.97 Å². The van der Waals surface area contributed by atoms with E-state index >= 15 is 0 Å². The Hall–Kier alpha value is -2.89. The fraction of sp³-hybridized carbons (Fsp3) is 0. The van der Waals surface area contributed by atoms with Crippen molar-refractivity contribution in [1.82, 2.24) is 0 Å². The summed E-state index contributed by atoms with van der Waals surface area (Å²) >= 11 is 0. The highest BCUT2D eigenvalue weighted by molar-refractivity contribution is 5.91. The number of anilines is 1. The molecule has 0 heterocycles.